The first-order valence-electron chi connectivity index (χ1n) is 4.01. The number of nitrogens with zero attached hydrogens (tertiary/aromatic N) is 1. The fourth-order valence-corrected chi connectivity index (χ4v) is 1.23. The van der Waals surface area contributed by atoms with Gasteiger partial charge in [-0.1, -0.05) is 12.1 Å². The van der Waals surface area contributed by atoms with E-state index < -0.39 is 4.92 Å². The van der Waals surface area contributed by atoms with E-state index in [9.17, 15) is 14.9 Å². The standard InChI is InChI=1S/C9H8BrNO3/c10-9(12)6-3-7-1-4-8(5-2-7)11(13)14/h1-2,4-5H,3,6H2. The number of benzene rings is 1. The van der Waals surface area contributed by atoms with Crippen LogP contribution in [0.1, 0.15) is 12.0 Å². The third kappa shape index (κ3) is 3.26. The van der Waals surface area contributed by atoms with E-state index in [0.717, 1.165) is 5.56 Å². The zero-order chi connectivity index (χ0) is 10.6. The third-order valence-corrected chi connectivity index (χ3v) is 2.15. The molecule has 0 aliphatic rings. The van der Waals surface area contributed by atoms with Gasteiger partial charge in [0.05, 0.1) is 4.92 Å². The molecule has 0 unspecified atom stereocenters. The lowest BCUT2D eigenvalue weighted by atomic mass is 10.1. The maximum Gasteiger partial charge on any atom is 0.269 e. The number of aryl methyl sites for hydroxylation is 1. The number of nitro benzene ring substituents is 1. The topological polar surface area (TPSA) is 60.2 Å². The number of carbonyl (C=O) groups excluding carboxylic acids is 1. The highest BCUT2D eigenvalue weighted by molar-refractivity contribution is 9.18. The minimum atomic E-state index is -0.445. The summed E-state index contributed by atoms with van der Waals surface area (Å²) in [5.41, 5.74) is 0.988. The van der Waals surface area contributed by atoms with E-state index in [4.69, 9.17) is 0 Å². The summed E-state index contributed by atoms with van der Waals surface area (Å²) in [6.07, 6.45) is 1.000. The molecule has 0 saturated carbocycles. The third-order valence-electron chi connectivity index (χ3n) is 1.76. The zero-order valence-corrected chi connectivity index (χ0v) is 8.86. The molecule has 0 radical (unpaired) electrons. The Bertz CT molecular complexity index is 348. The van der Waals surface area contributed by atoms with Crippen molar-refractivity contribution in [3.8, 4) is 0 Å². The van der Waals surface area contributed by atoms with Gasteiger partial charge in [0.15, 0.2) is 4.69 Å². The van der Waals surface area contributed by atoms with Crippen LogP contribution in [0.4, 0.5) is 5.69 Å². The summed E-state index contributed by atoms with van der Waals surface area (Å²) in [7, 11) is 0. The van der Waals surface area contributed by atoms with Crippen LogP contribution in [0.15, 0.2) is 24.3 Å². The summed E-state index contributed by atoms with van der Waals surface area (Å²) in [6, 6.07) is 6.20. The number of non-ortho nitro benzene ring substituents is 1. The van der Waals surface area contributed by atoms with E-state index in [-0.39, 0.29) is 10.4 Å². The van der Waals surface area contributed by atoms with Gasteiger partial charge in [-0.2, -0.15) is 0 Å². The van der Waals surface area contributed by atoms with Crippen molar-refractivity contribution < 1.29 is 9.72 Å². The smallest absolute Gasteiger partial charge is 0.269 e. The van der Waals surface area contributed by atoms with E-state index in [1.54, 1.807) is 12.1 Å². The summed E-state index contributed by atoms with van der Waals surface area (Å²) in [6.45, 7) is 0. The minimum absolute atomic E-state index is 0.0594. The van der Waals surface area contributed by atoms with E-state index >= 15 is 0 Å². The molecule has 1 aromatic carbocycles. The number of halogens is 1. The van der Waals surface area contributed by atoms with Gasteiger partial charge in [-0.15, -0.1) is 0 Å². The molecule has 0 N–H and O–H groups in total. The number of carbonyl (C=O) groups is 1. The Balaban J connectivity index is 2.64. The van der Waals surface area contributed by atoms with Crippen LogP contribution in [-0.4, -0.2) is 9.62 Å². The van der Waals surface area contributed by atoms with Gasteiger partial charge in [0, 0.05) is 18.6 Å². The van der Waals surface area contributed by atoms with Crippen LogP contribution in [0.3, 0.4) is 0 Å². The zero-order valence-electron chi connectivity index (χ0n) is 7.27. The largest absolute Gasteiger partial charge is 0.287 e. The Morgan fingerprint density at radius 3 is 2.36 bits per heavy atom. The SMILES string of the molecule is O=C(Br)CCc1ccc([N+](=O)[O-])cc1. The molecule has 0 aliphatic heterocycles. The molecule has 0 amide bonds. The van der Waals surface area contributed by atoms with Gasteiger partial charge in [-0.05, 0) is 27.9 Å². The van der Waals surface area contributed by atoms with Crippen LogP contribution in [-0.2, 0) is 11.2 Å². The van der Waals surface area contributed by atoms with Gasteiger partial charge in [-0.25, -0.2) is 0 Å². The summed E-state index contributed by atoms with van der Waals surface area (Å²) in [5.74, 6) is 0. The molecule has 0 saturated heterocycles. The quantitative estimate of drug-likeness (QED) is 0.473. The predicted octanol–water partition coefficient (Wildman–Crippen LogP) is 2.45. The molecule has 14 heavy (non-hydrogen) atoms. The normalized spacial score (nSPS) is 9.79. The minimum Gasteiger partial charge on any atom is -0.287 e. The number of nitro groups is 1. The maximum absolute atomic E-state index is 10.6. The van der Waals surface area contributed by atoms with Crippen LogP contribution in [0.5, 0.6) is 0 Å². The van der Waals surface area contributed by atoms with Crippen molar-refractivity contribution in [3.05, 3.63) is 39.9 Å². The fraction of sp³-hybridized carbons (Fsp3) is 0.222. The fourth-order valence-electron chi connectivity index (χ4n) is 1.03. The molecule has 0 atom stereocenters. The van der Waals surface area contributed by atoms with Crippen molar-refractivity contribution in [3.63, 3.8) is 0 Å². The highest BCUT2D eigenvalue weighted by Crippen LogP contribution is 2.13. The van der Waals surface area contributed by atoms with Gasteiger partial charge in [0.1, 0.15) is 0 Å². The van der Waals surface area contributed by atoms with Gasteiger partial charge in [-0.3, -0.25) is 14.9 Å². The van der Waals surface area contributed by atoms with Gasteiger partial charge in [0.2, 0.25) is 0 Å². The molecule has 0 fully saturated rings. The Kier molecular flexibility index (Phi) is 3.76. The average Bonchev–Trinajstić information content (AvgIpc) is 2.15. The van der Waals surface area contributed by atoms with Crippen molar-refractivity contribution in [1.29, 1.82) is 0 Å². The first kappa shape index (κ1) is 10.8. The van der Waals surface area contributed by atoms with Crippen molar-refractivity contribution in [2.75, 3.05) is 0 Å². The van der Waals surface area contributed by atoms with Crippen LogP contribution in [0.2, 0.25) is 0 Å². The number of hydrogen-bond acceptors (Lipinski definition) is 3. The van der Waals surface area contributed by atoms with E-state index in [1.807, 2.05) is 0 Å². The second-order valence-electron chi connectivity index (χ2n) is 2.78. The lowest BCUT2D eigenvalue weighted by Gasteiger charge is -1.97. The first-order chi connectivity index (χ1) is 6.59. The summed E-state index contributed by atoms with van der Waals surface area (Å²) in [5, 5.41) is 10.3. The van der Waals surface area contributed by atoms with Crippen LogP contribution in [0, 0.1) is 10.1 Å². The molecule has 0 bridgehead atoms. The Labute approximate surface area is 89.2 Å². The van der Waals surface area contributed by atoms with Crippen LogP contribution in [0.25, 0.3) is 0 Å². The average molecular weight is 258 g/mol. The molecule has 1 rings (SSSR count). The molecule has 0 heterocycles. The number of rotatable bonds is 4. The van der Waals surface area contributed by atoms with E-state index in [0.29, 0.717) is 12.8 Å². The molecule has 0 aromatic heterocycles. The number of hydrogen-bond donors (Lipinski definition) is 0. The lowest BCUT2D eigenvalue weighted by Crippen LogP contribution is -1.92. The summed E-state index contributed by atoms with van der Waals surface area (Å²) >= 11 is 2.82. The Hall–Kier alpha value is -1.23. The molecule has 0 aliphatic carbocycles. The van der Waals surface area contributed by atoms with Crippen molar-refractivity contribution in [2.45, 2.75) is 12.8 Å². The molecule has 0 spiro atoms. The predicted molar refractivity (Wildman–Crippen MR) is 55.4 cm³/mol. The van der Waals surface area contributed by atoms with E-state index in [1.165, 1.54) is 12.1 Å². The van der Waals surface area contributed by atoms with E-state index in [2.05, 4.69) is 15.9 Å². The van der Waals surface area contributed by atoms with Crippen LogP contribution < -0.4 is 0 Å². The molecule has 5 heteroatoms. The highest BCUT2D eigenvalue weighted by Gasteiger charge is 2.04. The van der Waals surface area contributed by atoms with Gasteiger partial charge in [0.25, 0.3) is 5.69 Å². The summed E-state index contributed by atoms with van der Waals surface area (Å²) < 4.78 is -0.0594. The molecular weight excluding hydrogens is 250 g/mol. The second kappa shape index (κ2) is 4.85. The second-order valence-corrected chi connectivity index (χ2v) is 3.66. The van der Waals surface area contributed by atoms with Gasteiger partial charge < -0.3 is 0 Å². The summed E-state index contributed by atoms with van der Waals surface area (Å²) in [4.78, 5) is 20.5. The maximum atomic E-state index is 10.6. The first-order valence-corrected chi connectivity index (χ1v) is 4.80. The van der Waals surface area contributed by atoms with Crippen LogP contribution >= 0.6 is 15.9 Å². The van der Waals surface area contributed by atoms with Crippen molar-refractivity contribution in [2.24, 2.45) is 0 Å². The molecular formula is C9H8BrNO3. The molecule has 74 valence electrons. The van der Waals surface area contributed by atoms with Gasteiger partial charge >= 0.3 is 0 Å². The lowest BCUT2D eigenvalue weighted by molar-refractivity contribution is -0.384. The Morgan fingerprint density at radius 1 is 1.36 bits per heavy atom. The molecule has 4 nitrogen and oxygen atoms in total. The monoisotopic (exact) mass is 257 g/mol. The molecule has 1 aromatic rings. The Morgan fingerprint density at radius 2 is 1.93 bits per heavy atom. The van der Waals surface area contributed by atoms with Crippen molar-refractivity contribution in [1.82, 2.24) is 0 Å². The highest BCUT2D eigenvalue weighted by atomic mass is 79.9. The van der Waals surface area contributed by atoms with Crippen molar-refractivity contribution >= 4 is 26.3 Å².